The number of hydrogen-bond acceptors (Lipinski definition) is 1. The van der Waals surface area contributed by atoms with Crippen molar-refractivity contribution < 1.29 is 9.90 Å². The van der Waals surface area contributed by atoms with Crippen LogP contribution in [0.5, 0.6) is 0 Å². The van der Waals surface area contributed by atoms with E-state index in [-0.39, 0.29) is 5.57 Å². The Balaban J connectivity index is 2.50. The summed E-state index contributed by atoms with van der Waals surface area (Å²) in [6.07, 6.45) is 1.63. The molecule has 0 aliphatic rings. The van der Waals surface area contributed by atoms with Crippen LogP contribution in [0.1, 0.15) is 16.7 Å². The van der Waals surface area contributed by atoms with Crippen LogP contribution in [-0.2, 0) is 4.79 Å². The Morgan fingerprint density at radius 1 is 1.11 bits per heavy atom. The molecule has 0 aromatic heterocycles. The Morgan fingerprint density at radius 2 is 1.74 bits per heavy atom. The summed E-state index contributed by atoms with van der Waals surface area (Å²) in [5.41, 5.74) is 2.68. The third-order valence-corrected chi connectivity index (χ3v) is 3.11. The van der Waals surface area contributed by atoms with Crippen LogP contribution >= 0.6 is 11.6 Å². The molecule has 2 rings (SSSR count). The number of benzene rings is 2. The van der Waals surface area contributed by atoms with Gasteiger partial charge in [0.05, 0.1) is 5.57 Å². The molecule has 0 unspecified atom stereocenters. The minimum absolute atomic E-state index is 0.189. The van der Waals surface area contributed by atoms with Crippen molar-refractivity contribution in [2.75, 3.05) is 0 Å². The van der Waals surface area contributed by atoms with E-state index in [0.29, 0.717) is 10.6 Å². The summed E-state index contributed by atoms with van der Waals surface area (Å²) in [6.45, 7) is 1.99. The minimum atomic E-state index is -0.992. The SMILES string of the molecule is Cc1ccc(/C=C(/C(=O)O)c2ccccc2Cl)cc1. The zero-order valence-corrected chi connectivity index (χ0v) is 11.2. The summed E-state index contributed by atoms with van der Waals surface area (Å²) in [5, 5.41) is 9.77. The fourth-order valence-corrected chi connectivity index (χ4v) is 2.00. The Morgan fingerprint density at radius 3 is 2.32 bits per heavy atom. The van der Waals surface area contributed by atoms with Gasteiger partial charge in [0.15, 0.2) is 0 Å². The number of carboxylic acids is 1. The van der Waals surface area contributed by atoms with Gasteiger partial charge >= 0.3 is 5.97 Å². The lowest BCUT2D eigenvalue weighted by Gasteiger charge is -2.05. The molecule has 0 aliphatic carbocycles. The van der Waals surface area contributed by atoms with E-state index in [1.165, 1.54) is 0 Å². The molecule has 0 saturated heterocycles. The van der Waals surface area contributed by atoms with Crippen LogP contribution < -0.4 is 0 Å². The highest BCUT2D eigenvalue weighted by atomic mass is 35.5. The van der Waals surface area contributed by atoms with Crippen LogP contribution in [0.4, 0.5) is 0 Å². The van der Waals surface area contributed by atoms with Crippen molar-refractivity contribution >= 4 is 29.2 Å². The molecule has 96 valence electrons. The Labute approximate surface area is 117 Å². The molecule has 0 fully saturated rings. The summed E-state index contributed by atoms with van der Waals surface area (Å²) in [7, 11) is 0. The van der Waals surface area contributed by atoms with Gasteiger partial charge < -0.3 is 5.11 Å². The maximum absolute atomic E-state index is 11.4. The quantitative estimate of drug-likeness (QED) is 0.669. The van der Waals surface area contributed by atoms with Crippen LogP contribution in [0.3, 0.4) is 0 Å². The van der Waals surface area contributed by atoms with E-state index in [1.54, 1.807) is 30.3 Å². The molecule has 0 radical (unpaired) electrons. The molecule has 1 N–H and O–H groups in total. The van der Waals surface area contributed by atoms with Gasteiger partial charge in [-0.15, -0.1) is 0 Å². The van der Waals surface area contributed by atoms with Crippen molar-refractivity contribution in [1.29, 1.82) is 0 Å². The predicted molar refractivity (Wildman–Crippen MR) is 78.1 cm³/mol. The Kier molecular flexibility index (Phi) is 4.03. The third kappa shape index (κ3) is 3.24. The molecule has 0 heterocycles. The molecule has 0 bridgehead atoms. The smallest absolute Gasteiger partial charge is 0.336 e. The van der Waals surface area contributed by atoms with E-state index in [0.717, 1.165) is 11.1 Å². The lowest BCUT2D eigenvalue weighted by molar-refractivity contribution is -0.130. The first-order valence-electron chi connectivity index (χ1n) is 5.84. The first-order chi connectivity index (χ1) is 9.08. The zero-order chi connectivity index (χ0) is 13.8. The molecule has 2 aromatic rings. The molecule has 2 nitrogen and oxygen atoms in total. The number of halogens is 1. The topological polar surface area (TPSA) is 37.3 Å². The molecule has 0 amide bonds. The highest BCUT2D eigenvalue weighted by Gasteiger charge is 2.13. The number of hydrogen-bond donors (Lipinski definition) is 1. The molecular formula is C16H13ClO2. The van der Waals surface area contributed by atoms with Crippen LogP contribution in [0.2, 0.25) is 5.02 Å². The van der Waals surface area contributed by atoms with E-state index >= 15 is 0 Å². The second-order valence-electron chi connectivity index (χ2n) is 4.25. The Bertz CT molecular complexity index is 627. The standard InChI is InChI=1S/C16H13ClO2/c1-11-6-8-12(9-7-11)10-14(16(18)19)13-4-2-3-5-15(13)17/h2-10H,1H3,(H,18,19)/b14-10+. The lowest BCUT2D eigenvalue weighted by Crippen LogP contribution is -2.00. The second-order valence-corrected chi connectivity index (χ2v) is 4.66. The normalized spacial score (nSPS) is 11.4. The molecule has 3 heteroatoms. The molecular weight excluding hydrogens is 260 g/mol. The predicted octanol–water partition coefficient (Wildman–Crippen LogP) is 4.27. The first kappa shape index (κ1) is 13.4. The van der Waals surface area contributed by atoms with Gasteiger partial charge in [0.1, 0.15) is 0 Å². The highest BCUT2D eigenvalue weighted by Crippen LogP contribution is 2.25. The van der Waals surface area contributed by atoms with Crippen molar-refractivity contribution in [3.8, 4) is 0 Å². The average Bonchev–Trinajstić information content (AvgIpc) is 2.39. The maximum atomic E-state index is 11.4. The van der Waals surface area contributed by atoms with Gasteiger partial charge in [-0.25, -0.2) is 4.79 Å². The van der Waals surface area contributed by atoms with Gasteiger partial charge in [0, 0.05) is 10.6 Å². The summed E-state index contributed by atoms with van der Waals surface area (Å²) in [6, 6.07) is 14.6. The van der Waals surface area contributed by atoms with E-state index in [1.807, 2.05) is 31.2 Å². The first-order valence-corrected chi connectivity index (χ1v) is 6.22. The van der Waals surface area contributed by atoms with E-state index in [2.05, 4.69) is 0 Å². The monoisotopic (exact) mass is 272 g/mol. The number of rotatable bonds is 3. The van der Waals surface area contributed by atoms with Crippen molar-refractivity contribution in [2.45, 2.75) is 6.92 Å². The summed E-state index contributed by atoms with van der Waals surface area (Å²) >= 11 is 6.05. The van der Waals surface area contributed by atoms with Crippen molar-refractivity contribution in [2.24, 2.45) is 0 Å². The summed E-state index contributed by atoms with van der Waals surface area (Å²) in [5.74, 6) is -0.992. The zero-order valence-electron chi connectivity index (χ0n) is 10.4. The fraction of sp³-hybridized carbons (Fsp3) is 0.0625. The molecule has 2 aromatic carbocycles. The number of aryl methyl sites for hydroxylation is 1. The number of carboxylic acid groups (broad SMARTS) is 1. The van der Waals surface area contributed by atoms with Gasteiger partial charge in [-0.2, -0.15) is 0 Å². The summed E-state index contributed by atoms with van der Waals surface area (Å²) in [4.78, 5) is 11.4. The Hall–Kier alpha value is -2.06. The van der Waals surface area contributed by atoms with Gasteiger partial charge in [-0.05, 0) is 24.6 Å². The van der Waals surface area contributed by atoms with E-state index in [9.17, 15) is 9.90 Å². The molecule has 0 spiro atoms. The van der Waals surface area contributed by atoms with Crippen molar-refractivity contribution in [1.82, 2.24) is 0 Å². The van der Waals surface area contributed by atoms with Gasteiger partial charge in [0.2, 0.25) is 0 Å². The van der Waals surface area contributed by atoms with Crippen LogP contribution in [-0.4, -0.2) is 11.1 Å². The summed E-state index contributed by atoms with van der Waals surface area (Å²) < 4.78 is 0. The second kappa shape index (κ2) is 5.72. The van der Waals surface area contributed by atoms with Gasteiger partial charge in [-0.1, -0.05) is 59.6 Å². The molecule has 0 saturated carbocycles. The molecule has 0 aliphatic heterocycles. The average molecular weight is 273 g/mol. The molecule has 0 atom stereocenters. The van der Waals surface area contributed by atoms with Crippen molar-refractivity contribution in [3.05, 3.63) is 70.2 Å². The fourth-order valence-electron chi connectivity index (χ4n) is 1.76. The van der Waals surface area contributed by atoms with Crippen LogP contribution in [0.25, 0.3) is 11.6 Å². The third-order valence-electron chi connectivity index (χ3n) is 2.78. The van der Waals surface area contributed by atoms with Crippen molar-refractivity contribution in [3.63, 3.8) is 0 Å². The van der Waals surface area contributed by atoms with Crippen LogP contribution in [0, 0.1) is 6.92 Å². The van der Waals surface area contributed by atoms with Gasteiger partial charge in [0.25, 0.3) is 0 Å². The number of aliphatic carboxylic acids is 1. The lowest BCUT2D eigenvalue weighted by atomic mass is 10.0. The van der Waals surface area contributed by atoms with E-state index < -0.39 is 5.97 Å². The minimum Gasteiger partial charge on any atom is -0.478 e. The maximum Gasteiger partial charge on any atom is 0.336 e. The van der Waals surface area contributed by atoms with Gasteiger partial charge in [-0.3, -0.25) is 0 Å². The highest BCUT2D eigenvalue weighted by molar-refractivity contribution is 6.35. The largest absolute Gasteiger partial charge is 0.478 e. The van der Waals surface area contributed by atoms with E-state index in [4.69, 9.17) is 11.6 Å². The number of carbonyl (C=O) groups is 1. The van der Waals surface area contributed by atoms with Crippen LogP contribution in [0.15, 0.2) is 48.5 Å². The molecule has 19 heavy (non-hydrogen) atoms.